The Morgan fingerprint density at radius 1 is 1.14 bits per heavy atom. The van der Waals surface area contributed by atoms with Crippen molar-refractivity contribution in [2.75, 3.05) is 6.61 Å². The smallest absolute Gasteiger partial charge is 0.306 e. The molecule has 0 aromatic heterocycles. The van der Waals surface area contributed by atoms with Crippen LogP contribution in [0.15, 0.2) is 23.8 Å². The van der Waals surface area contributed by atoms with Crippen LogP contribution in [0.5, 0.6) is 0 Å². The third-order valence-corrected chi connectivity index (χ3v) is 9.87. The Kier molecular flexibility index (Phi) is 6.57. The summed E-state index contributed by atoms with van der Waals surface area (Å²) in [5.41, 5.74) is -4.37. The zero-order valence-corrected chi connectivity index (χ0v) is 21.6. The van der Waals surface area contributed by atoms with Crippen LogP contribution in [0.1, 0.15) is 79.6 Å². The summed E-state index contributed by atoms with van der Waals surface area (Å²) in [6, 6.07) is 0. The van der Waals surface area contributed by atoms with E-state index in [1.54, 1.807) is 13.8 Å². The predicted octanol–water partition coefficient (Wildman–Crippen LogP) is 4.64. The van der Waals surface area contributed by atoms with Gasteiger partial charge in [-0.1, -0.05) is 51.5 Å². The van der Waals surface area contributed by atoms with Crippen LogP contribution in [0.3, 0.4) is 0 Å². The fourth-order valence-corrected chi connectivity index (χ4v) is 8.14. The maximum absolute atomic E-state index is 17.3. The van der Waals surface area contributed by atoms with Gasteiger partial charge in [0, 0.05) is 35.5 Å². The Labute approximate surface area is 207 Å². The molecule has 194 valence electrons. The maximum atomic E-state index is 17.3. The number of hydrogen-bond acceptors (Lipinski definition) is 6. The first-order chi connectivity index (χ1) is 16.4. The van der Waals surface area contributed by atoms with E-state index in [1.807, 2.05) is 32.9 Å². The summed E-state index contributed by atoms with van der Waals surface area (Å²) in [4.78, 5) is 38.3. The number of halogens is 1. The Hall–Kier alpha value is -2.02. The van der Waals surface area contributed by atoms with E-state index in [4.69, 9.17) is 9.47 Å². The minimum absolute atomic E-state index is 0.0177. The van der Waals surface area contributed by atoms with Gasteiger partial charge in [0.25, 0.3) is 0 Å². The Balaban J connectivity index is 1.80. The third kappa shape index (κ3) is 3.40. The molecule has 6 nitrogen and oxygen atoms in total. The van der Waals surface area contributed by atoms with Gasteiger partial charge in [0.05, 0.1) is 6.10 Å². The molecule has 0 spiro atoms. The van der Waals surface area contributed by atoms with Gasteiger partial charge in [-0.2, -0.15) is 0 Å². The Morgan fingerprint density at radius 2 is 1.83 bits per heavy atom. The van der Waals surface area contributed by atoms with Gasteiger partial charge < -0.3 is 14.6 Å². The predicted molar refractivity (Wildman–Crippen MR) is 128 cm³/mol. The van der Waals surface area contributed by atoms with Crippen molar-refractivity contribution >= 4 is 17.7 Å². The molecule has 4 aliphatic carbocycles. The lowest BCUT2D eigenvalue weighted by atomic mass is 9.44. The Morgan fingerprint density at radius 3 is 2.49 bits per heavy atom. The van der Waals surface area contributed by atoms with Gasteiger partial charge in [0.2, 0.25) is 5.78 Å². The van der Waals surface area contributed by atoms with Gasteiger partial charge in [0.1, 0.15) is 0 Å². The van der Waals surface area contributed by atoms with E-state index in [-0.39, 0.29) is 25.2 Å². The lowest BCUT2D eigenvalue weighted by Crippen LogP contribution is -2.70. The number of ketones is 1. The van der Waals surface area contributed by atoms with Gasteiger partial charge in [-0.25, -0.2) is 4.39 Å². The highest BCUT2D eigenvalue weighted by molar-refractivity contribution is 5.93. The standard InChI is InChI=1S/C28H39FO6/c1-6-23(32)34-16-22(31)28(35-24(33)7-2)17(3)14-20-19-12-11-18-10-8-9-13-25(18,4)27(19,29)21(30)15-26(20,28)5/h9-10,13,17,19-21,30H,6-8,11-12,14-16H2,1-5H3/t17-,19-,20-,21-,25-,26-,27-,28-/m0/s1. The average Bonchev–Trinajstić information content (AvgIpc) is 3.04. The Bertz CT molecular complexity index is 972. The minimum atomic E-state index is -1.89. The molecule has 0 heterocycles. The summed E-state index contributed by atoms with van der Waals surface area (Å²) in [5, 5.41) is 11.6. The highest BCUT2D eigenvalue weighted by Crippen LogP contribution is 2.71. The summed E-state index contributed by atoms with van der Waals surface area (Å²) in [7, 11) is 0. The van der Waals surface area contributed by atoms with E-state index >= 15 is 4.39 Å². The van der Waals surface area contributed by atoms with E-state index in [9.17, 15) is 19.5 Å². The first kappa shape index (κ1) is 26.1. The maximum Gasteiger partial charge on any atom is 0.306 e. The van der Waals surface area contributed by atoms with E-state index in [0.29, 0.717) is 12.8 Å². The fourth-order valence-electron chi connectivity index (χ4n) is 8.14. The second-order valence-corrected chi connectivity index (χ2v) is 11.4. The molecule has 0 aliphatic heterocycles. The number of alkyl halides is 1. The molecule has 4 aliphatic rings. The van der Waals surface area contributed by atoms with Gasteiger partial charge >= 0.3 is 11.9 Å². The number of allylic oxidation sites excluding steroid dienone is 4. The molecule has 4 rings (SSSR count). The largest absolute Gasteiger partial charge is 0.457 e. The van der Waals surface area contributed by atoms with E-state index in [1.165, 1.54) is 0 Å². The molecule has 0 bridgehead atoms. The van der Waals surface area contributed by atoms with Crippen LogP contribution in [-0.2, 0) is 23.9 Å². The average molecular weight is 491 g/mol. The van der Waals surface area contributed by atoms with Crippen LogP contribution in [-0.4, -0.2) is 46.8 Å². The molecule has 3 saturated carbocycles. The molecule has 0 amide bonds. The quantitative estimate of drug-likeness (QED) is 0.431. The molecule has 1 N–H and O–H groups in total. The monoisotopic (exact) mass is 490 g/mol. The fraction of sp³-hybridized carbons (Fsp3) is 0.750. The van der Waals surface area contributed by atoms with Crippen molar-refractivity contribution in [1.29, 1.82) is 0 Å². The molecule has 35 heavy (non-hydrogen) atoms. The highest BCUT2D eigenvalue weighted by Gasteiger charge is 2.77. The number of aliphatic hydroxyl groups is 1. The van der Waals surface area contributed by atoms with Crippen molar-refractivity contribution in [3.63, 3.8) is 0 Å². The van der Waals surface area contributed by atoms with Gasteiger partial charge in [-0.05, 0) is 44.9 Å². The van der Waals surface area contributed by atoms with Crippen molar-refractivity contribution in [2.45, 2.75) is 96.9 Å². The minimum Gasteiger partial charge on any atom is -0.457 e. The van der Waals surface area contributed by atoms with E-state index in [2.05, 4.69) is 6.08 Å². The number of hydrogen-bond donors (Lipinski definition) is 1. The van der Waals surface area contributed by atoms with Crippen molar-refractivity contribution in [2.24, 2.45) is 28.6 Å². The first-order valence-corrected chi connectivity index (χ1v) is 13.1. The van der Waals surface area contributed by atoms with Gasteiger partial charge in [-0.3, -0.25) is 14.4 Å². The van der Waals surface area contributed by atoms with E-state index < -0.39 is 64.4 Å². The number of ether oxygens (including phenoxy) is 2. The molecule has 0 radical (unpaired) electrons. The normalized spacial score (nSPS) is 43.9. The summed E-state index contributed by atoms with van der Waals surface area (Å²) < 4.78 is 28.5. The molecule has 0 aromatic rings. The van der Waals surface area contributed by atoms with E-state index in [0.717, 1.165) is 18.4 Å². The van der Waals surface area contributed by atoms with Crippen molar-refractivity contribution < 1.29 is 33.4 Å². The summed E-state index contributed by atoms with van der Waals surface area (Å²) in [6.07, 6.45) is 7.34. The van der Waals surface area contributed by atoms with Gasteiger partial charge in [-0.15, -0.1) is 0 Å². The summed E-state index contributed by atoms with van der Waals surface area (Å²) >= 11 is 0. The second kappa shape index (κ2) is 8.82. The highest BCUT2D eigenvalue weighted by atomic mass is 19.1. The summed E-state index contributed by atoms with van der Waals surface area (Å²) in [6.45, 7) is 8.38. The lowest BCUT2D eigenvalue weighted by Gasteiger charge is -2.63. The molecule has 7 heteroatoms. The number of carbonyl (C=O) groups excluding carboxylic acids is 3. The van der Waals surface area contributed by atoms with Crippen molar-refractivity contribution in [1.82, 2.24) is 0 Å². The SMILES string of the molecule is CCC(=O)OCC(=O)[C@@]1(OC(=O)CC)[C@@H](C)C[C@H]2[C@@H]3CCC4=CCC=C[C@]4(C)[C@@]3(F)[C@@H](O)C[C@@]21C. The topological polar surface area (TPSA) is 89.9 Å². The molecular formula is C28H39FO6. The first-order valence-electron chi connectivity index (χ1n) is 13.1. The molecule has 0 unspecified atom stereocenters. The number of carbonyl (C=O) groups is 3. The van der Waals surface area contributed by atoms with Crippen LogP contribution in [0.25, 0.3) is 0 Å². The second-order valence-electron chi connectivity index (χ2n) is 11.4. The third-order valence-electron chi connectivity index (χ3n) is 9.87. The van der Waals surface area contributed by atoms with Crippen LogP contribution >= 0.6 is 0 Å². The molecule has 8 atom stereocenters. The van der Waals surface area contributed by atoms with Crippen LogP contribution in [0, 0.1) is 28.6 Å². The van der Waals surface area contributed by atoms with Gasteiger partial charge in [0.15, 0.2) is 17.9 Å². The molecule has 0 saturated heterocycles. The zero-order valence-electron chi connectivity index (χ0n) is 21.6. The molecule has 0 aromatic carbocycles. The zero-order chi connectivity index (χ0) is 25.8. The number of aliphatic hydroxyl groups excluding tert-OH is 1. The molecule has 3 fully saturated rings. The molecular weight excluding hydrogens is 451 g/mol. The van der Waals surface area contributed by atoms with Crippen molar-refractivity contribution in [3.8, 4) is 0 Å². The van der Waals surface area contributed by atoms with Crippen LogP contribution in [0.4, 0.5) is 4.39 Å². The van der Waals surface area contributed by atoms with Crippen LogP contribution in [0.2, 0.25) is 0 Å². The lowest BCUT2D eigenvalue weighted by molar-refractivity contribution is -0.228. The van der Waals surface area contributed by atoms with Crippen molar-refractivity contribution in [3.05, 3.63) is 23.8 Å². The number of Topliss-reactive ketones (excluding diaryl/α,β-unsaturated/α-hetero) is 1. The number of rotatable bonds is 6. The number of esters is 2. The summed E-state index contributed by atoms with van der Waals surface area (Å²) in [5.74, 6) is -2.74. The van der Waals surface area contributed by atoms with Crippen LogP contribution < -0.4 is 0 Å². The number of fused-ring (bicyclic) bond motifs is 5.